The zero-order chi connectivity index (χ0) is 22.1. The van der Waals surface area contributed by atoms with E-state index >= 15 is 0 Å². The summed E-state index contributed by atoms with van der Waals surface area (Å²) in [6.07, 6.45) is 0. The molecular formula is C24H33N3O4. The Labute approximate surface area is 184 Å². The van der Waals surface area contributed by atoms with E-state index in [4.69, 9.17) is 14.2 Å². The van der Waals surface area contributed by atoms with Crippen molar-refractivity contribution < 1.29 is 19.0 Å². The number of benzene rings is 2. The first kappa shape index (κ1) is 22.9. The highest BCUT2D eigenvalue weighted by atomic mass is 16.5. The molecule has 1 aliphatic heterocycles. The third kappa shape index (κ3) is 6.87. The molecule has 1 aliphatic rings. The predicted octanol–water partition coefficient (Wildman–Crippen LogP) is 3.12. The zero-order valence-corrected chi connectivity index (χ0v) is 18.7. The van der Waals surface area contributed by atoms with Gasteiger partial charge in [0.05, 0.1) is 19.8 Å². The summed E-state index contributed by atoms with van der Waals surface area (Å²) in [6, 6.07) is 14.9. The highest BCUT2D eigenvalue weighted by Gasteiger charge is 2.25. The number of carbonyl (C=O) groups excluding carboxylic acids is 1. The fraction of sp³-hybridized carbons (Fsp3) is 0.458. The molecular weight excluding hydrogens is 394 g/mol. The smallest absolute Gasteiger partial charge is 0.241 e. The number of nitrogens with one attached hydrogen (secondary N) is 1. The number of amides is 1. The molecule has 3 rings (SSSR count). The molecule has 0 bridgehead atoms. The van der Waals surface area contributed by atoms with Crippen molar-refractivity contribution in [3.8, 4) is 17.2 Å². The lowest BCUT2D eigenvalue weighted by Crippen LogP contribution is -2.53. The molecule has 168 valence electrons. The van der Waals surface area contributed by atoms with Crippen LogP contribution in [0.3, 0.4) is 0 Å². The molecule has 1 amide bonds. The second-order valence-electron chi connectivity index (χ2n) is 7.52. The van der Waals surface area contributed by atoms with Gasteiger partial charge < -0.3 is 19.5 Å². The van der Waals surface area contributed by atoms with E-state index < -0.39 is 0 Å². The summed E-state index contributed by atoms with van der Waals surface area (Å²) in [7, 11) is 1.65. The van der Waals surface area contributed by atoms with Gasteiger partial charge in [0.25, 0.3) is 0 Å². The van der Waals surface area contributed by atoms with Gasteiger partial charge in [0, 0.05) is 38.4 Å². The quantitative estimate of drug-likeness (QED) is 0.629. The van der Waals surface area contributed by atoms with Gasteiger partial charge in [-0.3, -0.25) is 14.6 Å². The number of carbonyl (C=O) groups is 1. The van der Waals surface area contributed by atoms with E-state index in [-0.39, 0.29) is 11.9 Å². The zero-order valence-electron chi connectivity index (χ0n) is 18.7. The maximum atomic E-state index is 12.7. The van der Waals surface area contributed by atoms with Gasteiger partial charge in [-0.25, -0.2) is 0 Å². The number of nitrogens with zero attached hydrogens (tertiary/aromatic N) is 2. The number of piperazine rings is 1. The third-order valence-corrected chi connectivity index (χ3v) is 5.50. The van der Waals surface area contributed by atoms with E-state index in [1.807, 2.05) is 62.4 Å². The molecule has 1 saturated heterocycles. The van der Waals surface area contributed by atoms with Crippen LogP contribution in [-0.2, 0) is 4.79 Å². The molecule has 0 unspecified atom stereocenters. The van der Waals surface area contributed by atoms with Gasteiger partial charge in [0.2, 0.25) is 5.91 Å². The van der Waals surface area contributed by atoms with Crippen LogP contribution in [0.4, 0.5) is 5.69 Å². The average molecular weight is 428 g/mol. The molecule has 1 fully saturated rings. The Morgan fingerprint density at radius 3 is 2.13 bits per heavy atom. The van der Waals surface area contributed by atoms with E-state index in [1.54, 1.807) is 7.11 Å². The summed E-state index contributed by atoms with van der Waals surface area (Å²) in [6.45, 7) is 9.62. The van der Waals surface area contributed by atoms with Crippen LogP contribution in [0.15, 0.2) is 48.5 Å². The first-order valence-electron chi connectivity index (χ1n) is 10.9. The summed E-state index contributed by atoms with van der Waals surface area (Å²) in [5.41, 5.74) is 0.787. The van der Waals surface area contributed by atoms with Gasteiger partial charge >= 0.3 is 0 Å². The standard InChI is InChI=1S/C24H33N3O4/c1-4-30-22-7-5-20(6-8-22)25-24(28)19(2)27-15-13-26(14-16-27)17-18-31-23-11-9-21(29-3)10-12-23/h5-12,19H,4,13-18H2,1-3H3,(H,25,28)/t19-/m1/s1. The van der Waals surface area contributed by atoms with Crippen molar-refractivity contribution >= 4 is 11.6 Å². The van der Waals surface area contributed by atoms with E-state index in [1.165, 1.54) is 0 Å². The number of methoxy groups -OCH3 is 1. The van der Waals surface area contributed by atoms with Crippen LogP contribution < -0.4 is 19.5 Å². The van der Waals surface area contributed by atoms with Gasteiger partial charge in [-0.1, -0.05) is 0 Å². The molecule has 1 atom stereocenters. The highest BCUT2D eigenvalue weighted by molar-refractivity contribution is 5.94. The number of anilines is 1. The summed E-state index contributed by atoms with van der Waals surface area (Å²) in [4.78, 5) is 17.3. The Bertz CT molecular complexity index is 803. The van der Waals surface area contributed by atoms with Gasteiger partial charge in [0.1, 0.15) is 23.9 Å². The van der Waals surface area contributed by atoms with Crippen molar-refractivity contribution in [1.29, 1.82) is 0 Å². The van der Waals surface area contributed by atoms with E-state index in [0.717, 1.165) is 55.7 Å². The van der Waals surface area contributed by atoms with Gasteiger partial charge in [-0.2, -0.15) is 0 Å². The van der Waals surface area contributed by atoms with Crippen molar-refractivity contribution in [2.45, 2.75) is 19.9 Å². The van der Waals surface area contributed by atoms with Crippen molar-refractivity contribution in [3.05, 3.63) is 48.5 Å². The van der Waals surface area contributed by atoms with E-state index in [2.05, 4.69) is 15.1 Å². The van der Waals surface area contributed by atoms with Crippen LogP contribution in [-0.4, -0.2) is 74.8 Å². The molecule has 7 heteroatoms. The van der Waals surface area contributed by atoms with Crippen LogP contribution in [0.1, 0.15) is 13.8 Å². The summed E-state index contributed by atoms with van der Waals surface area (Å²) in [5.74, 6) is 2.49. The Morgan fingerprint density at radius 2 is 1.52 bits per heavy atom. The van der Waals surface area contributed by atoms with E-state index in [9.17, 15) is 4.79 Å². The lowest BCUT2D eigenvalue weighted by molar-refractivity contribution is -0.121. The Balaban J connectivity index is 1.37. The fourth-order valence-electron chi connectivity index (χ4n) is 3.55. The topological polar surface area (TPSA) is 63.3 Å². The van der Waals surface area contributed by atoms with Crippen LogP contribution in [0.25, 0.3) is 0 Å². The Hall–Kier alpha value is -2.77. The van der Waals surface area contributed by atoms with Gasteiger partial charge in [-0.05, 0) is 62.4 Å². The SMILES string of the molecule is CCOc1ccc(NC(=O)[C@@H](C)N2CCN(CCOc3ccc(OC)cc3)CC2)cc1. The second-order valence-corrected chi connectivity index (χ2v) is 7.52. The maximum Gasteiger partial charge on any atom is 0.241 e. The highest BCUT2D eigenvalue weighted by Crippen LogP contribution is 2.18. The monoisotopic (exact) mass is 427 g/mol. The van der Waals surface area contributed by atoms with Gasteiger partial charge in [-0.15, -0.1) is 0 Å². The summed E-state index contributed by atoms with van der Waals surface area (Å²) >= 11 is 0. The lowest BCUT2D eigenvalue weighted by Gasteiger charge is -2.37. The molecule has 1 N–H and O–H groups in total. The van der Waals surface area contributed by atoms with Gasteiger partial charge in [0.15, 0.2) is 0 Å². The average Bonchev–Trinajstić information content (AvgIpc) is 2.81. The first-order valence-corrected chi connectivity index (χ1v) is 10.9. The van der Waals surface area contributed by atoms with Crippen LogP contribution in [0, 0.1) is 0 Å². The summed E-state index contributed by atoms with van der Waals surface area (Å²) in [5, 5.41) is 3.00. The molecule has 1 heterocycles. The predicted molar refractivity (Wildman–Crippen MR) is 122 cm³/mol. The second kappa shape index (κ2) is 11.6. The Kier molecular flexibility index (Phi) is 8.55. The molecule has 0 aliphatic carbocycles. The number of ether oxygens (including phenoxy) is 3. The normalized spacial score (nSPS) is 15.8. The lowest BCUT2D eigenvalue weighted by atomic mass is 10.2. The number of hydrogen-bond acceptors (Lipinski definition) is 6. The van der Waals surface area contributed by atoms with Crippen LogP contribution in [0.2, 0.25) is 0 Å². The van der Waals surface area contributed by atoms with E-state index in [0.29, 0.717) is 13.2 Å². The summed E-state index contributed by atoms with van der Waals surface area (Å²) < 4.78 is 16.4. The first-order chi connectivity index (χ1) is 15.1. The molecule has 0 spiro atoms. The third-order valence-electron chi connectivity index (χ3n) is 5.50. The largest absolute Gasteiger partial charge is 0.497 e. The molecule has 31 heavy (non-hydrogen) atoms. The van der Waals surface area contributed by atoms with Crippen molar-refractivity contribution in [1.82, 2.24) is 9.80 Å². The minimum absolute atomic E-state index is 0.0143. The molecule has 0 saturated carbocycles. The minimum Gasteiger partial charge on any atom is -0.497 e. The molecule has 2 aromatic carbocycles. The molecule has 0 aromatic heterocycles. The van der Waals surface area contributed by atoms with Crippen LogP contribution in [0.5, 0.6) is 17.2 Å². The fourth-order valence-corrected chi connectivity index (χ4v) is 3.55. The minimum atomic E-state index is -0.177. The van der Waals surface area contributed by atoms with Crippen LogP contribution >= 0.6 is 0 Å². The maximum absolute atomic E-state index is 12.7. The Morgan fingerprint density at radius 1 is 0.935 bits per heavy atom. The van der Waals surface area contributed by atoms with Crippen molar-refractivity contribution in [2.75, 3.05) is 58.4 Å². The molecule has 0 radical (unpaired) electrons. The number of rotatable bonds is 10. The number of hydrogen-bond donors (Lipinski definition) is 1. The van der Waals surface area contributed by atoms with Crippen molar-refractivity contribution in [3.63, 3.8) is 0 Å². The molecule has 7 nitrogen and oxygen atoms in total. The van der Waals surface area contributed by atoms with Crippen molar-refractivity contribution in [2.24, 2.45) is 0 Å². The molecule has 2 aromatic rings.